The summed E-state index contributed by atoms with van der Waals surface area (Å²) >= 11 is 0. The minimum atomic E-state index is 0.212. The van der Waals surface area contributed by atoms with Crippen LogP contribution in [0.2, 0.25) is 0 Å². The van der Waals surface area contributed by atoms with Gasteiger partial charge in [-0.25, -0.2) is 0 Å². The molecule has 0 saturated carbocycles. The molecular formula is C18H27NO. The molecule has 1 aromatic rings. The van der Waals surface area contributed by atoms with Crippen molar-refractivity contribution in [1.82, 2.24) is 4.90 Å². The molecule has 2 heteroatoms. The van der Waals surface area contributed by atoms with Crippen LogP contribution in [-0.4, -0.2) is 23.8 Å². The normalized spacial score (nSPS) is 21.2. The summed E-state index contributed by atoms with van der Waals surface area (Å²) in [5.74, 6) is 0.699. The maximum atomic E-state index is 11.8. The predicted molar refractivity (Wildman–Crippen MR) is 83.8 cm³/mol. The van der Waals surface area contributed by atoms with E-state index in [4.69, 9.17) is 0 Å². The molecule has 1 atom stereocenters. The first kappa shape index (κ1) is 15.2. The van der Waals surface area contributed by atoms with Gasteiger partial charge in [-0.3, -0.25) is 9.69 Å². The van der Waals surface area contributed by atoms with Gasteiger partial charge < -0.3 is 0 Å². The van der Waals surface area contributed by atoms with Crippen LogP contribution in [-0.2, 0) is 16.8 Å². The molecule has 20 heavy (non-hydrogen) atoms. The highest BCUT2D eigenvalue weighted by atomic mass is 16.1. The van der Waals surface area contributed by atoms with E-state index in [2.05, 4.69) is 56.9 Å². The zero-order valence-electron chi connectivity index (χ0n) is 13.3. The molecule has 0 amide bonds. The Hall–Kier alpha value is -1.15. The number of benzene rings is 1. The fraction of sp³-hybridized carbons (Fsp3) is 0.611. The average molecular weight is 273 g/mol. The Labute approximate surface area is 123 Å². The number of carbonyl (C=O) groups excluding carboxylic acids is 1. The first-order chi connectivity index (χ1) is 9.40. The second kappa shape index (κ2) is 6.09. The summed E-state index contributed by atoms with van der Waals surface area (Å²) in [5.41, 5.74) is 2.94. The van der Waals surface area contributed by atoms with Crippen LogP contribution in [0.1, 0.15) is 51.7 Å². The highest BCUT2D eigenvalue weighted by molar-refractivity contribution is 5.82. The van der Waals surface area contributed by atoms with Gasteiger partial charge in [0, 0.05) is 32.0 Å². The molecular weight excluding hydrogens is 246 g/mol. The van der Waals surface area contributed by atoms with Crippen molar-refractivity contribution in [2.45, 2.75) is 52.5 Å². The van der Waals surface area contributed by atoms with E-state index in [1.165, 1.54) is 11.1 Å². The molecule has 1 aromatic carbocycles. The first-order valence-corrected chi connectivity index (χ1v) is 7.74. The van der Waals surface area contributed by atoms with Gasteiger partial charge in [-0.05, 0) is 23.0 Å². The minimum absolute atomic E-state index is 0.212. The Morgan fingerprint density at radius 1 is 1.20 bits per heavy atom. The van der Waals surface area contributed by atoms with Crippen molar-refractivity contribution in [2.24, 2.45) is 5.92 Å². The third-order valence-electron chi connectivity index (χ3n) is 4.33. The number of hydrogen-bond acceptors (Lipinski definition) is 2. The fourth-order valence-corrected chi connectivity index (χ4v) is 2.85. The zero-order valence-corrected chi connectivity index (χ0v) is 13.3. The van der Waals surface area contributed by atoms with Crippen molar-refractivity contribution in [2.75, 3.05) is 13.1 Å². The lowest BCUT2D eigenvalue weighted by molar-refractivity contribution is -0.126. The maximum Gasteiger partial charge on any atom is 0.138 e. The predicted octanol–water partition coefficient (Wildman–Crippen LogP) is 3.79. The number of hydrogen-bond donors (Lipinski definition) is 0. The summed E-state index contributed by atoms with van der Waals surface area (Å²) in [4.78, 5) is 14.2. The topological polar surface area (TPSA) is 20.3 Å². The van der Waals surface area contributed by atoms with E-state index in [1.54, 1.807) is 0 Å². The third-order valence-corrected chi connectivity index (χ3v) is 4.33. The van der Waals surface area contributed by atoms with E-state index >= 15 is 0 Å². The largest absolute Gasteiger partial charge is 0.299 e. The molecule has 1 unspecified atom stereocenters. The van der Waals surface area contributed by atoms with Crippen molar-refractivity contribution >= 4 is 5.78 Å². The van der Waals surface area contributed by atoms with Crippen LogP contribution in [0, 0.1) is 5.92 Å². The Morgan fingerprint density at radius 3 is 2.40 bits per heavy atom. The second-order valence-electron chi connectivity index (χ2n) is 7.00. The minimum Gasteiger partial charge on any atom is -0.299 e. The number of likely N-dealkylation sites (tertiary alicyclic amines) is 1. The first-order valence-electron chi connectivity index (χ1n) is 7.74. The van der Waals surface area contributed by atoms with Crippen molar-refractivity contribution in [3.63, 3.8) is 0 Å². The van der Waals surface area contributed by atoms with Crippen molar-refractivity contribution in [1.29, 1.82) is 0 Å². The molecule has 1 saturated heterocycles. The molecule has 110 valence electrons. The standard InChI is InChI=1S/C18H27NO/c1-5-15-13-19(11-10-17(15)20)12-14-6-8-16(9-7-14)18(2,3)4/h6-9,15H,5,10-13H2,1-4H3. The van der Waals surface area contributed by atoms with Gasteiger partial charge in [0.2, 0.25) is 0 Å². The lowest BCUT2D eigenvalue weighted by atomic mass is 9.86. The molecule has 0 bridgehead atoms. The molecule has 0 spiro atoms. The third kappa shape index (κ3) is 3.69. The van der Waals surface area contributed by atoms with Gasteiger partial charge in [0.1, 0.15) is 5.78 Å². The molecule has 0 aliphatic carbocycles. The van der Waals surface area contributed by atoms with Crippen LogP contribution in [0.4, 0.5) is 0 Å². The van der Waals surface area contributed by atoms with Gasteiger partial charge in [-0.15, -0.1) is 0 Å². The monoisotopic (exact) mass is 273 g/mol. The van der Waals surface area contributed by atoms with Crippen LogP contribution < -0.4 is 0 Å². The zero-order chi connectivity index (χ0) is 14.8. The van der Waals surface area contributed by atoms with E-state index in [9.17, 15) is 4.79 Å². The van der Waals surface area contributed by atoms with Gasteiger partial charge in [-0.2, -0.15) is 0 Å². The fourth-order valence-electron chi connectivity index (χ4n) is 2.85. The quantitative estimate of drug-likeness (QED) is 0.835. The molecule has 0 N–H and O–H groups in total. The lowest BCUT2D eigenvalue weighted by Gasteiger charge is -2.31. The van der Waals surface area contributed by atoms with Crippen LogP contribution in [0.25, 0.3) is 0 Å². The van der Waals surface area contributed by atoms with E-state index in [-0.39, 0.29) is 11.3 Å². The Kier molecular flexibility index (Phi) is 4.64. The SMILES string of the molecule is CCC1CN(Cc2ccc(C(C)(C)C)cc2)CCC1=O. The highest BCUT2D eigenvalue weighted by Gasteiger charge is 2.25. The molecule has 1 aliphatic heterocycles. The summed E-state index contributed by atoms with van der Waals surface area (Å²) in [6.07, 6.45) is 1.69. The average Bonchev–Trinajstić information content (AvgIpc) is 2.40. The van der Waals surface area contributed by atoms with Crippen LogP contribution in [0.5, 0.6) is 0 Å². The van der Waals surface area contributed by atoms with E-state index in [0.29, 0.717) is 5.78 Å². The van der Waals surface area contributed by atoms with Crippen LogP contribution in [0.3, 0.4) is 0 Å². The highest BCUT2D eigenvalue weighted by Crippen LogP contribution is 2.23. The molecule has 2 rings (SSSR count). The van der Waals surface area contributed by atoms with Gasteiger partial charge >= 0.3 is 0 Å². The van der Waals surface area contributed by atoms with Gasteiger partial charge in [0.15, 0.2) is 0 Å². The summed E-state index contributed by atoms with van der Waals surface area (Å²) in [6, 6.07) is 8.94. The number of piperidine rings is 1. The van der Waals surface area contributed by atoms with Crippen LogP contribution in [0.15, 0.2) is 24.3 Å². The van der Waals surface area contributed by atoms with Crippen molar-refractivity contribution in [3.05, 3.63) is 35.4 Å². The number of carbonyl (C=O) groups is 1. The Balaban J connectivity index is 1.98. The maximum absolute atomic E-state index is 11.8. The number of ketones is 1. The smallest absolute Gasteiger partial charge is 0.138 e. The molecule has 1 aliphatic rings. The summed E-state index contributed by atoms with van der Waals surface area (Å²) in [6.45, 7) is 11.6. The van der Waals surface area contributed by atoms with Crippen molar-refractivity contribution < 1.29 is 4.79 Å². The van der Waals surface area contributed by atoms with Crippen LogP contribution >= 0.6 is 0 Å². The Bertz CT molecular complexity index is 455. The lowest BCUT2D eigenvalue weighted by Crippen LogP contribution is -2.40. The second-order valence-corrected chi connectivity index (χ2v) is 7.00. The van der Waals surface area contributed by atoms with Gasteiger partial charge in [0.25, 0.3) is 0 Å². The van der Waals surface area contributed by atoms with Gasteiger partial charge in [-0.1, -0.05) is 52.0 Å². The molecule has 1 fully saturated rings. The molecule has 0 radical (unpaired) electrons. The number of Topliss-reactive ketones (excluding diaryl/α,β-unsaturated/α-hetero) is 1. The van der Waals surface area contributed by atoms with E-state index < -0.39 is 0 Å². The summed E-state index contributed by atoms with van der Waals surface area (Å²) in [7, 11) is 0. The Morgan fingerprint density at radius 2 is 1.85 bits per heavy atom. The van der Waals surface area contributed by atoms with E-state index in [1.807, 2.05) is 0 Å². The van der Waals surface area contributed by atoms with E-state index in [0.717, 1.165) is 32.5 Å². The number of nitrogens with zero attached hydrogens (tertiary/aromatic N) is 1. The van der Waals surface area contributed by atoms with Gasteiger partial charge in [0.05, 0.1) is 0 Å². The number of rotatable bonds is 3. The molecule has 2 nitrogen and oxygen atoms in total. The summed E-state index contributed by atoms with van der Waals surface area (Å²) < 4.78 is 0. The van der Waals surface area contributed by atoms with Crippen molar-refractivity contribution in [3.8, 4) is 0 Å². The molecule has 1 heterocycles. The summed E-state index contributed by atoms with van der Waals surface area (Å²) in [5, 5.41) is 0. The molecule has 0 aromatic heterocycles.